The lowest BCUT2D eigenvalue weighted by molar-refractivity contribution is -0.126. The normalized spacial score (nSPS) is 18.4. The number of hydrogen-bond acceptors (Lipinski definition) is 3. The lowest BCUT2D eigenvalue weighted by Gasteiger charge is -2.32. The maximum absolute atomic E-state index is 10.9. The topological polar surface area (TPSA) is 53.8 Å². The molecule has 0 atom stereocenters. The summed E-state index contributed by atoms with van der Waals surface area (Å²) in [6, 6.07) is 5.45. The molecule has 4 heteroatoms. The summed E-state index contributed by atoms with van der Waals surface area (Å²) in [6.07, 6.45) is 2.08. The fourth-order valence-corrected chi connectivity index (χ4v) is 1.77. The Hall–Kier alpha value is -1.40. The van der Waals surface area contributed by atoms with Gasteiger partial charge in [-0.2, -0.15) is 5.26 Å². The van der Waals surface area contributed by atoms with E-state index in [9.17, 15) is 4.79 Å². The zero-order valence-electron chi connectivity index (χ0n) is 7.33. The number of nitrogens with zero attached hydrogens (tertiary/aromatic N) is 2. The smallest absolute Gasteiger partial charge is 0.136 e. The quantitative estimate of drug-likeness (QED) is 0.705. The molecule has 0 amide bonds. The van der Waals surface area contributed by atoms with E-state index < -0.39 is 5.41 Å². The van der Waals surface area contributed by atoms with Gasteiger partial charge in [0.2, 0.25) is 0 Å². The van der Waals surface area contributed by atoms with Crippen molar-refractivity contribution in [2.45, 2.75) is 18.3 Å². The average molecular weight is 207 g/mol. The highest BCUT2D eigenvalue weighted by molar-refractivity contribution is 6.30. The molecule has 1 saturated carbocycles. The number of carbonyl (C=O) groups excluding carboxylic acids is 1. The molecule has 3 nitrogen and oxygen atoms in total. The van der Waals surface area contributed by atoms with Crippen molar-refractivity contribution in [3.8, 4) is 6.07 Å². The van der Waals surface area contributed by atoms with Crippen LogP contribution in [0.2, 0.25) is 5.02 Å². The van der Waals surface area contributed by atoms with Crippen LogP contribution >= 0.6 is 11.6 Å². The van der Waals surface area contributed by atoms with E-state index in [4.69, 9.17) is 16.9 Å². The lowest BCUT2D eigenvalue weighted by Crippen LogP contribution is -2.41. The summed E-state index contributed by atoms with van der Waals surface area (Å²) >= 11 is 5.79. The average Bonchev–Trinajstić information content (AvgIpc) is 2.12. The van der Waals surface area contributed by atoms with E-state index in [1.807, 2.05) is 0 Å². The molecule has 0 spiro atoms. The maximum Gasteiger partial charge on any atom is 0.136 e. The summed E-state index contributed by atoms with van der Waals surface area (Å²) in [5, 5.41) is 9.56. The van der Waals surface area contributed by atoms with E-state index in [2.05, 4.69) is 11.1 Å². The molecular weight excluding hydrogens is 200 g/mol. The zero-order valence-corrected chi connectivity index (χ0v) is 8.08. The molecule has 0 bridgehead atoms. The highest BCUT2D eigenvalue weighted by Crippen LogP contribution is 2.40. The van der Waals surface area contributed by atoms with Crippen molar-refractivity contribution in [2.75, 3.05) is 0 Å². The van der Waals surface area contributed by atoms with E-state index >= 15 is 0 Å². The largest absolute Gasteiger partial charge is 0.300 e. The van der Waals surface area contributed by atoms with Crippen molar-refractivity contribution >= 4 is 17.4 Å². The van der Waals surface area contributed by atoms with Crippen molar-refractivity contribution in [2.24, 2.45) is 0 Å². The Kier molecular flexibility index (Phi) is 2.01. The van der Waals surface area contributed by atoms with Crippen LogP contribution in [0.25, 0.3) is 0 Å². The number of Topliss-reactive ketones (excluding diaryl/α,β-unsaturated/α-hetero) is 1. The van der Waals surface area contributed by atoms with Crippen LogP contribution in [0.3, 0.4) is 0 Å². The van der Waals surface area contributed by atoms with Crippen LogP contribution in [0, 0.1) is 11.3 Å². The maximum atomic E-state index is 10.9. The van der Waals surface area contributed by atoms with Crippen molar-refractivity contribution in [1.82, 2.24) is 4.98 Å². The molecule has 1 aliphatic rings. The number of rotatable bonds is 1. The number of pyridine rings is 1. The number of carbonyl (C=O) groups is 1. The summed E-state index contributed by atoms with van der Waals surface area (Å²) in [7, 11) is 0. The fourth-order valence-electron chi connectivity index (χ4n) is 1.61. The Labute approximate surface area is 86.3 Å². The third kappa shape index (κ3) is 1.28. The molecular formula is C10H7ClN2O. The lowest BCUT2D eigenvalue weighted by atomic mass is 9.66. The van der Waals surface area contributed by atoms with Gasteiger partial charge < -0.3 is 0 Å². The first-order valence-corrected chi connectivity index (χ1v) is 4.59. The molecule has 70 valence electrons. The Morgan fingerprint density at radius 2 is 2.29 bits per heavy atom. The molecule has 0 aromatic carbocycles. The van der Waals surface area contributed by atoms with Crippen LogP contribution in [0.4, 0.5) is 0 Å². The fraction of sp³-hybridized carbons (Fsp3) is 0.300. The standard InChI is InChI=1S/C10H7ClN2O/c11-7-1-2-13-9(3-7)10(6-12)4-8(14)5-10/h1-3H,4-5H2. The molecule has 0 unspecified atom stereocenters. The Bertz CT molecular complexity index is 428. The second-order valence-electron chi connectivity index (χ2n) is 3.45. The van der Waals surface area contributed by atoms with Crippen LogP contribution < -0.4 is 0 Å². The monoisotopic (exact) mass is 206 g/mol. The third-order valence-corrected chi connectivity index (χ3v) is 2.66. The van der Waals surface area contributed by atoms with Gasteiger partial charge in [-0.3, -0.25) is 9.78 Å². The van der Waals surface area contributed by atoms with Gasteiger partial charge in [-0.15, -0.1) is 0 Å². The van der Waals surface area contributed by atoms with E-state index in [0.29, 0.717) is 10.7 Å². The minimum Gasteiger partial charge on any atom is -0.300 e. The van der Waals surface area contributed by atoms with Gasteiger partial charge in [0.15, 0.2) is 0 Å². The Balaban J connectivity index is 2.39. The molecule has 1 aliphatic carbocycles. The molecule has 1 heterocycles. The first-order chi connectivity index (χ1) is 6.66. The van der Waals surface area contributed by atoms with Crippen molar-refractivity contribution < 1.29 is 4.79 Å². The van der Waals surface area contributed by atoms with Gasteiger partial charge in [0.05, 0.1) is 11.8 Å². The molecule has 1 aromatic rings. The first kappa shape index (κ1) is 9.17. The van der Waals surface area contributed by atoms with Crippen molar-refractivity contribution in [3.63, 3.8) is 0 Å². The van der Waals surface area contributed by atoms with Crippen LogP contribution in [0.5, 0.6) is 0 Å². The van der Waals surface area contributed by atoms with E-state index in [-0.39, 0.29) is 18.6 Å². The molecule has 2 rings (SSSR count). The molecule has 1 fully saturated rings. The molecule has 0 aliphatic heterocycles. The highest BCUT2D eigenvalue weighted by atomic mass is 35.5. The van der Waals surface area contributed by atoms with Gasteiger partial charge in [0, 0.05) is 24.1 Å². The number of hydrogen-bond donors (Lipinski definition) is 0. The molecule has 14 heavy (non-hydrogen) atoms. The predicted octanol–water partition coefficient (Wildman–Crippen LogP) is 1.86. The summed E-state index contributed by atoms with van der Waals surface area (Å²) < 4.78 is 0. The van der Waals surface area contributed by atoms with Crippen molar-refractivity contribution in [1.29, 1.82) is 5.26 Å². The Morgan fingerprint density at radius 1 is 1.57 bits per heavy atom. The summed E-state index contributed by atoms with van der Waals surface area (Å²) in [5.41, 5.74) is -0.116. The van der Waals surface area contributed by atoms with E-state index in [0.717, 1.165) is 0 Å². The first-order valence-electron chi connectivity index (χ1n) is 4.21. The summed E-state index contributed by atoms with van der Waals surface area (Å²) in [4.78, 5) is 15.0. The number of nitriles is 1. The van der Waals surface area contributed by atoms with Gasteiger partial charge in [0.25, 0.3) is 0 Å². The molecule has 0 radical (unpaired) electrons. The number of ketones is 1. The van der Waals surface area contributed by atoms with Crippen LogP contribution in [-0.2, 0) is 10.2 Å². The Morgan fingerprint density at radius 3 is 2.79 bits per heavy atom. The van der Waals surface area contributed by atoms with E-state index in [1.54, 1.807) is 18.3 Å². The number of aromatic nitrogens is 1. The predicted molar refractivity (Wildman–Crippen MR) is 50.8 cm³/mol. The van der Waals surface area contributed by atoms with E-state index in [1.165, 1.54) is 0 Å². The molecule has 0 N–H and O–H groups in total. The van der Waals surface area contributed by atoms with Gasteiger partial charge in [0.1, 0.15) is 11.2 Å². The SMILES string of the molecule is N#CC1(c2cc(Cl)ccn2)CC(=O)C1. The highest BCUT2D eigenvalue weighted by Gasteiger charge is 2.46. The summed E-state index contributed by atoms with van der Waals surface area (Å²) in [5.74, 6) is 0.105. The summed E-state index contributed by atoms with van der Waals surface area (Å²) in [6.45, 7) is 0. The van der Waals surface area contributed by atoms with Gasteiger partial charge in [-0.05, 0) is 12.1 Å². The van der Waals surface area contributed by atoms with Crippen LogP contribution in [0.15, 0.2) is 18.3 Å². The zero-order chi connectivity index (χ0) is 10.2. The minimum atomic E-state index is -0.720. The van der Waals surface area contributed by atoms with Crippen molar-refractivity contribution in [3.05, 3.63) is 29.0 Å². The van der Waals surface area contributed by atoms with Gasteiger partial charge >= 0.3 is 0 Å². The van der Waals surface area contributed by atoms with Gasteiger partial charge in [-0.25, -0.2) is 0 Å². The second kappa shape index (κ2) is 3.07. The molecule has 0 saturated heterocycles. The second-order valence-corrected chi connectivity index (χ2v) is 3.88. The third-order valence-electron chi connectivity index (χ3n) is 2.42. The minimum absolute atomic E-state index is 0.105. The van der Waals surface area contributed by atoms with Gasteiger partial charge in [-0.1, -0.05) is 11.6 Å². The van der Waals surface area contributed by atoms with Crippen LogP contribution in [0.1, 0.15) is 18.5 Å². The molecule has 1 aromatic heterocycles. The van der Waals surface area contributed by atoms with Crippen LogP contribution in [-0.4, -0.2) is 10.8 Å². The number of halogens is 1.